The second-order valence-corrected chi connectivity index (χ2v) is 8.72. The average molecular weight is 459 g/mol. The van der Waals surface area contributed by atoms with Crippen molar-refractivity contribution in [2.24, 2.45) is 0 Å². The van der Waals surface area contributed by atoms with Crippen molar-refractivity contribution in [1.82, 2.24) is 9.88 Å². The molecule has 4 rings (SSSR count). The highest BCUT2D eigenvalue weighted by atomic mass is 19.1. The van der Waals surface area contributed by atoms with Crippen LogP contribution in [-0.4, -0.2) is 30.7 Å². The molecule has 0 saturated heterocycles. The summed E-state index contributed by atoms with van der Waals surface area (Å²) in [6.07, 6.45) is 3.30. The normalized spacial score (nSPS) is 12.1. The van der Waals surface area contributed by atoms with Crippen molar-refractivity contribution in [3.63, 3.8) is 0 Å². The first-order valence-corrected chi connectivity index (χ1v) is 11.7. The fourth-order valence-corrected chi connectivity index (χ4v) is 4.47. The summed E-state index contributed by atoms with van der Waals surface area (Å²) >= 11 is 0. The first-order chi connectivity index (χ1) is 16.5. The van der Waals surface area contributed by atoms with Crippen LogP contribution in [0.15, 0.2) is 79.0 Å². The second kappa shape index (κ2) is 11.1. The van der Waals surface area contributed by atoms with Crippen molar-refractivity contribution >= 4 is 16.8 Å². The lowest BCUT2D eigenvalue weighted by molar-refractivity contribution is -0.121. The molecule has 0 bridgehead atoms. The molecule has 0 fully saturated rings. The highest BCUT2D eigenvalue weighted by Crippen LogP contribution is 2.35. The van der Waals surface area contributed by atoms with E-state index in [2.05, 4.69) is 53.3 Å². The van der Waals surface area contributed by atoms with Crippen LogP contribution in [0.5, 0.6) is 0 Å². The molecule has 4 aromatic rings. The standard InChI is InChI=1S/C29H31FN2O2/c1-21-7-5-8-23(17-21)26(18-29(33)31-15-6-16-34-2)27-20-32(28-10-4-3-9-25(27)28)19-22-11-13-24(30)14-12-22/h3-5,7-14,17,20,26H,6,15-16,18-19H2,1-2H3,(H,31,33)/t26-/m1/s1. The lowest BCUT2D eigenvalue weighted by Gasteiger charge is -2.18. The molecule has 176 valence electrons. The lowest BCUT2D eigenvalue weighted by Crippen LogP contribution is -2.27. The quantitative estimate of drug-likeness (QED) is 0.305. The van der Waals surface area contributed by atoms with Gasteiger partial charge in [0.25, 0.3) is 0 Å². The van der Waals surface area contributed by atoms with Crippen LogP contribution in [0.1, 0.15) is 41.0 Å². The highest BCUT2D eigenvalue weighted by molar-refractivity contribution is 5.86. The molecular formula is C29H31FN2O2. The number of methoxy groups -OCH3 is 1. The number of amides is 1. The van der Waals surface area contributed by atoms with Gasteiger partial charge in [0.1, 0.15) is 5.82 Å². The van der Waals surface area contributed by atoms with Gasteiger partial charge in [-0.25, -0.2) is 4.39 Å². The molecule has 0 spiro atoms. The summed E-state index contributed by atoms with van der Waals surface area (Å²) in [6.45, 7) is 3.92. The number of hydrogen-bond donors (Lipinski definition) is 1. The Kier molecular flexibility index (Phi) is 7.76. The molecular weight excluding hydrogens is 427 g/mol. The number of nitrogens with zero attached hydrogens (tertiary/aromatic N) is 1. The van der Waals surface area contributed by atoms with Crippen LogP contribution >= 0.6 is 0 Å². The number of fused-ring (bicyclic) bond motifs is 1. The average Bonchev–Trinajstić information content (AvgIpc) is 3.20. The second-order valence-electron chi connectivity index (χ2n) is 8.72. The fraction of sp³-hybridized carbons (Fsp3) is 0.276. The summed E-state index contributed by atoms with van der Waals surface area (Å²) in [5, 5.41) is 4.17. The maximum absolute atomic E-state index is 13.4. The van der Waals surface area contributed by atoms with Crippen molar-refractivity contribution in [2.75, 3.05) is 20.3 Å². The van der Waals surface area contributed by atoms with Crippen LogP contribution < -0.4 is 5.32 Å². The van der Waals surface area contributed by atoms with E-state index in [4.69, 9.17) is 4.74 Å². The van der Waals surface area contributed by atoms with Crippen LogP contribution in [0.4, 0.5) is 4.39 Å². The van der Waals surface area contributed by atoms with E-state index in [1.807, 2.05) is 30.3 Å². The van der Waals surface area contributed by atoms with Gasteiger partial charge < -0.3 is 14.6 Å². The summed E-state index contributed by atoms with van der Waals surface area (Å²) < 4.78 is 20.7. The fourth-order valence-electron chi connectivity index (χ4n) is 4.47. The molecule has 0 radical (unpaired) electrons. The van der Waals surface area contributed by atoms with Crippen LogP contribution in [0.3, 0.4) is 0 Å². The summed E-state index contributed by atoms with van der Waals surface area (Å²) in [5.41, 5.74) is 5.53. The Morgan fingerprint density at radius 2 is 1.85 bits per heavy atom. The smallest absolute Gasteiger partial charge is 0.220 e. The van der Waals surface area contributed by atoms with Gasteiger partial charge in [-0.2, -0.15) is 0 Å². The number of halogens is 1. The van der Waals surface area contributed by atoms with Gasteiger partial charge in [0, 0.05) is 56.2 Å². The van der Waals surface area contributed by atoms with E-state index in [1.165, 1.54) is 12.1 Å². The van der Waals surface area contributed by atoms with Gasteiger partial charge in [-0.05, 0) is 48.2 Å². The Hall–Kier alpha value is -3.44. The molecule has 1 heterocycles. The van der Waals surface area contributed by atoms with Gasteiger partial charge >= 0.3 is 0 Å². The maximum Gasteiger partial charge on any atom is 0.220 e. The van der Waals surface area contributed by atoms with Crippen LogP contribution in [0, 0.1) is 12.7 Å². The number of carbonyl (C=O) groups excluding carboxylic acids is 1. The monoisotopic (exact) mass is 458 g/mol. The summed E-state index contributed by atoms with van der Waals surface area (Å²) in [4.78, 5) is 12.9. The van der Waals surface area contributed by atoms with Crippen molar-refractivity contribution < 1.29 is 13.9 Å². The van der Waals surface area contributed by atoms with Gasteiger partial charge in [0.05, 0.1) is 0 Å². The van der Waals surface area contributed by atoms with E-state index < -0.39 is 0 Å². The third kappa shape index (κ3) is 5.72. The van der Waals surface area contributed by atoms with E-state index >= 15 is 0 Å². The van der Waals surface area contributed by atoms with E-state index in [9.17, 15) is 9.18 Å². The number of ether oxygens (including phenoxy) is 1. The lowest BCUT2D eigenvalue weighted by atomic mass is 9.87. The van der Waals surface area contributed by atoms with Gasteiger partial charge in [-0.3, -0.25) is 4.79 Å². The number of para-hydroxylation sites is 1. The Balaban J connectivity index is 1.70. The Bertz CT molecular complexity index is 1250. The molecule has 0 aliphatic carbocycles. The molecule has 1 N–H and O–H groups in total. The maximum atomic E-state index is 13.4. The van der Waals surface area contributed by atoms with Crippen molar-refractivity contribution in [1.29, 1.82) is 0 Å². The van der Waals surface area contributed by atoms with E-state index in [0.717, 1.165) is 39.6 Å². The van der Waals surface area contributed by atoms with Crippen LogP contribution in [-0.2, 0) is 16.1 Å². The summed E-state index contributed by atoms with van der Waals surface area (Å²) in [6, 6.07) is 23.3. The molecule has 0 aliphatic rings. The number of benzene rings is 3. The van der Waals surface area contributed by atoms with Crippen LogP contribution in [0.2, 0.25) is 0 Å². The van der Waals surface area contributed by atoms with Gasteiger partial charge in [0.15, 0.2) is 0 Å². The number of aryl methyl sites for hydroxylation is 1. The predicted octanol–water partition coefficient (Wildman–Crippen LogP) is 5.81. The third-order valence-electron chi connectivity index (χ3n) is 6.14. The molecule has 4 nitrogen and oxygen atoms in total. The highest BCUT2D eigenvalue weighted by Gasteiger charge is 2.23. The zero-order valence-electron chi connectivity index (χ0n) is 19.8. The largest absolute Gasteiger partial charge is 0.385 e. The van der Waals surface area contributed by atoms with Gasteiger partial charge in [-0.1, -0.05) is 60.2 Å². The summed E-state index contributed by atoms with van der Waals surface area (Å²) in [7, 11) is 1.66. The molecule has 0 saturated carbocycles. The molecule has 34 heavy (non-hydrogen) atoms. The van der Waals surface area contributed by atoms with E-state index in [1.54, 1.807) is 7.11 Å². The minimum Gasteiger partial charge on any atom is -0.385 e. The SMILES string of the molecule is COCCCNC(=O)C[C@H](c1cccc(C)c1)c1cn(Cc2ccc(F)cc2)c2ccccc12. The van der Waals surface area contributed by atoms with Gasteiger partial charge in [-0.15, -0.1) is 0 Å². The summed E-state index contributed by atoms with van der Waals surface area (Å²) in [5.74, 6) is -0.294. The number of carbonyl (C=O) groups is 1. The Morgan fingerprint density at radius 3 is 2.62 bits per heavy atom. The Morgan fingerprint density at radius 1 is 1.06 bits per heavy atom. The number of rotatable bonds is 10. The molecule has 3 aromatic carbocycles. The minimum atomic E-state index is -0.238. The zero-order chi connectivity index (χ0) is 23.9. The Labute approximate surface area is 200 Å². The third-order valence-corrected chi connectivity index (χ3v) is 6.14. The van der Waals surface area contributed by atoms with Gasteiger partial charge in [0.2, 0.25) is 5.91 Å². The van der Waals surface area contributed by atoms with Crippen molar-refractivity contribution in [3.8, 4) is 0 Å². The first-order valence-electron chi connectivity index (χ1n) is 11.7. The molecule has 5 heteroatoms. The number of hydrogen-bond acceptors (Lipinski definition) is 2. The van der Waals surface area contributed by atoms with Crippen molar-refractivity contribution in [3.05, 3.63) is 107 Å². The zero-order valence-corrected chi connectivity index (χ0v) is 19.8. The molecule has 1 amide bonds. The topological polar surface area (TPSA) is 43.3 Å². The van der Waals surface area contributed by atoms with E-state index in [-0.39, 0.29) is 17.6 Å². The molecule has 1 atom stereocenters. The molecule has 1 aromatic heterocycles. The molecule has 0 aliphatic heterocycles. The van der Waals surface area contributed by atoms with Crippen LogP contribution in [0.25, 0.3) is 10.9 Å². The minimum absolute atomic E-state index is 0.0259. The number of nitrogens with one attached hydrogen (secondary N) is 1. The predicted molar refractivity (Wildman–Crippen MR) is 135 cm³/mol. The van der Waals surface area contributed by atoms with E-state index in [0.29, 0.717) is 26.1 Å². The molecule has 0 unspecified atom stereocenters. The van der Waals surface area contributed by atoms with Crippen molar-refractivity contribution in [2.45, 2.75) is 32.2 Å². The first kappa shape index (κ1) is 23.7. The number of aromatic nitrogens is 1.